The number of hydrogen-bond acceptors (Lipinski definition) is 4. The van der Waals surface area contributed by atoms with Crippen LogP contribution in [0.1, 0.15) is 39.6 Å². The highest BCUT2D eigenvalue weighted by Crippen LogP contribution is 2.24. The lowest BCUT2D eigenvalue weighted by Crippen LogP contribution is -2.29. The largest absolute Gasteiger partial charge is 0.487 e. The van der Waals surface area contributed by atoms with Gasteiger partial charge in [0.05, 0.1) is 16.7 Å². The van der Waals surface area contributed by atoms with E-state index in [1.807, 2.05) is 12.3 Å². The zero-order valence-electron chi connectivity index (χ0n) is 15.8. The normalized spacial score (nSPS) is 11.9. The van der Waals surface area contributed by atoms with E-state index in [0.29, 0.717) is 23.5 Å². The van der Waals surface area contributed by atoms with Crippen LogP contribution in [-0.2, 0) is 6.61 Å². The number of aromatic nitrogens is 1. The number of rotatable bonds is 6. The van der Waals surface area contributed by atoms with Crippen LogP contribution in [0.4, 0.5) is 8.78 Å². The van der Waals surface area contributed by atoms with Crippen molar-refractivity contribution in [1.29, 1.82) is 0 Å². The van der Waals surface area contributed by atoms with Gasteiger partial charge in [-0.1, -0.05) is 12.1 Å². The number of carbonyl (C=O) groups excluding carboxylic acids is 1. The van der Waals surface area contributed by atoms with Gasteiger partial charge < -0.3 is 9.64 Å². The Kier molecular flexibility index (Phi) is 6.04. The molecule has 1 atom stereocenters. The van der Waals surface area contributed by atoms with Crippen molar-refractivity contribution < 1.29 is 18.3 Å². The van der Waals surface area contributed by atoms with Crippen LogP contribution in [0.25, 0.3) is 0 Å². The van der Waals surface area contributed by atoms with Crippen LogP contribution in [0.5, 0.6) is 5.75 Å². The van der Waals surface area contributed by atoms with E-state index >= 15 is 0 Å². The van der Waals surface area contributed by atoms with Crippen molar-refractivity contribution in [3.8, 4) is 5.75 Å². The van der Waals surface area contributed by atoms with Gasteiger partial charge in [0.15, 0.2) is 11.6 Å². The van der Waals surface area contributed by atoms with E-state index in [9.17, 15) is 13.6 Å². The third-order valence-corrected chi connectivity index (χ3v) is 5.28. The van der Waals surface area contributed by atoms with Gasteiger partial charge in [-0.3, -0.25) is 4.79 Å². The quantitative estimate of drug-likeness (QED) is 0.573. The van der Waals surface area contributed by atoms with E-state index in [2.05, 4.69) is 4.98 Å². The van der Waals surface area contributed by atoms with Crippen molar-refractivity contribution in [1.82, 2.24) is 9.88 Å². The van der Waals surface area contributed by atoms with E-state index in [1.165, 1.54) is 11.0 Å². The van der Waals surface area contributed by atoms with Crippen LogP contribution in [0.15, 0.2) is 47.8 Å². The number of ether oxygens (including phenoxy) is 1. The molecule has 0 aliphatic carbocycles. The van der Waals surface area contributed by atoms with Gasteiger partial charge in [-0.2, -0.15) is 0 Å². The lowest BCUT2D eigenvalue weighted by Gasteiger charge is -2.25. The number of aryl methyl sites for hydroxylation is 1. The SMILES string of the molecule is Cc1nc(COc2cccc(C(=O)N(C)C(C)c3ccc(F)c(F)c3)c2)cs1. The molecule has 2 aromatic carbocycles. The molecule has 0 bridgehead atoms. The van der Waals surface area contributed by atoms with Crippen LogP contribution in [0.3, 0.4) is 0 Å². The molecule has 0 spiro atoms. The molecule has 1 amide bonds. The fraction of sp³-hybridized carbons (Fsp3) is 0.238. The molecule has 0 N–H and O–H groups in total. The minimum absolute atomic E-state index is 0.243. The summed E-state index contributed by atoms with van der Waals surface area (Å²) in [7, 11) is 1.62. The Labute approximate surface area is 166 Å². The van der Waals surface area contributed by atoms with E-state index in [1.54, 1.807) is 49.6 Å². The van der Waals surface area contributed by atoms with Gasteiger partial charge in [-0.05, 0) is 49.7 Å². The van der Waals surface area contributed by atoms with Crippen molar-refractivity contribution in [3.05, 3.63) is 81.3 Å². The number of nitrogens with zero attached hydrogens (tertiary/aromatic N) is 2. The van der Waals surface area contributed by atoms with Crippen molar-refractivity contribution in [3.63, 3.8) is 0 Å². The van der Waals surface area contributed by atoms with E-state index in [0.717, 1.165) is 22.8 Å². The summed E-state index contributed by atoms with van der Waals surface area (Å²) >= 11 is 1.55. The zero-order valence-corrected chi connectivity index (χ0v) is 16.6. The van der Waals surface area contributed by atoms with Gasteiger partial charge in [0, 0.05) is 18.0 Å². The molecule has 4 nitrogen and oxygen atoms in total. The van der Waals surface area contributed by atoms with E-state index < -0.39 is 17.7 Å². The van der Waals surface area contributed by atoms with Gasteiger partial charge >= 0.3 is 0 Å². The number of benzene rings is 2. The second-order valence-electron chi connectivity index (χ2n) is 6.44. The van der Waals surface area contributed by atoms with Crippen LogP contribution < -0.4 is 4.74 Å². The van der Waals surface area contributed by atoms with Gasteiger partial charge in [-0.25, -0.2) is 13.8 Å². The number of carbonyl (C=O) groups is 1. The van der Waals surface area contributed by atoms with E-state index in [4.69, 9.17) is 4.74 Å². The highest BCUT2D eigenvalue weighted by molar-refractivity contribution is 7.09. The summed E-state index contributed by atoms with van der Waals surface area (Å²) in [5.74, 6) is -1.53. The Balaban J connectivity index is 1.71. The predicted octanol–water partition coefficient (Wildman–Crippen LogP) is 5.14. The monoisotopic (exact) mass is 402 g/mol. The molecule has 7 heteroatoms. The molecule has 28 heavy (non-hydrogen) atoms. The van der Waals surface area contributed by atoms with Crippen LogP contribution in [-0.4, -0.2) is 22.8 Å². The standard InChI is InChI=1S/C21H20F2N2O2S/c1-13(15-7-8-19(22)20(23)10-15)25(3)21(26)16-5-4-6-18(9-16)27-11-17-12-28-14(2)24-17/h4-10,12-13H,11H2,1-3H3. The Morgan fingerprint density at radius 2 is 2.00 bits per heavy atom. The molecule has 146 valence electrons. The van der Waals surface area contributed by atoms with Crippen LogP contribution >= 0.6 is 11.3 Å². The average molecular weight is 402 g/mol. The molecule has 3 aromatic rings. The maximum Gasteiger partial charge on any atom is 0.254 e. The first-order valence-electron chi connectivity index (χ1n) is 8.71. The average Bonchev–Trinajstić information content (AvgIpc) is 3.12. The topological polar surface area (TPSA) is 42.4 Å². The van der Waals surface area contributed by atoms with Crippen molar-refractivity contribution in [2.45, 2.75) is 26.5 Å². The summed E-state index contributed by atoms with van der Waals surface area (Å²) in [6.07, 6.45) is 0. The van der Waals surface area contributed by atoms with Gasteiger partial charge in [-0.15, -0.1) is 11.3 Å². The van der Waals surface area contributed by atoms with Crippen molar-refractivity contribution >= 4 is 17.2 Å². The van der Waals surface area contributed by atoms with Gasteiger partial charge in [0.25, 0.3) is 5.91 Å². The number of hydrogen-bond donors (Lipinski definition) is 0. The predicted molar refractivity (Wildman–Crippen MR) is 104 cm³/mol. The molecular formula is C21H20F2N2O2S. The molecule has 0 fully saturated rings. The summed E-state index contributed by atoms with van der Waals surface area (Å²) < 4.78 is 32.4. The summed E-state index contributed by atoms with van der Waals surface area (Å²) in [6.45, 7) is 4.01. The summed E-state index contributed by atoms with van der Waals surface area (Å²) in [4.78, 5) is 18.7. The molecular weight excluding hydrogens is 382 g/mol. The first kappa shape index (κ1) is 19.9. The van der Waals surface area contributed by atoms with Gasteiger partial charge in [0.2, 0.25) is 0 Å². The first-order chi connectivity index (χ1) is 13.3. The highest BCUT2D eigenvalue weighted by atomic mass is 32.1. The number of halogens is 2. The Morgan fingerprint density at radius 3 is 2.68 bits per heavy atom. The van der Waals surface area contributed by atoms with Crippen LogP contribution in [0.2, 0.25) is 0 Å². The molecule has 0 aliphatic rings. The summed E-state index contributed by atoms with van der Waals surface area (Å²) in [5.41, 5.74) is 1.80. The molecule has 3 rings (SSSR count). The highest BCUT2D eigenvalue weighted by Gasteiger charge is 2.20. The third kappa shape index (κ3) is 4.54. The third-order valence-electron chi connectivity index (χ3n) is 4.46. The van der Waals surface area contributed by atoms with E-state index in [-0.39, 0.29) is 5.91 Å². The zero-order chi connectivity index (χ0) is 20.3. The first-order valence-corrected chi connectivity index (χ1v) is 9.59. The Bertz CT molecular complexity index is 990. The second-order valence-corrected chi connectivity index (χ2v) is 7.50. The molecule has 1 aromatic heterocycles. The maximum atomic E-state index is 13.5. The summed E-state index contributed by atoms with van der Waals surface area (Å²) in [6, 6.07) is 10.1. The number of amides is 1. The fourth-order valence-corrected chi connectivity index (χ4v) is 3.32. The molecule has 0 aliphatic heterocycles. The Morgan fingerprint density at radius 1 is 1.21 bits per heavy atom. The number of thiazole rings is 1. The molecule has 0 radical (unpaired) electrons. The minimum atomic E-state index is -0.933. The lowest BCUT2D eigenvalue weighted by molar-refractivity contribution is 0.0742. The lowest BCUT2D eigenvalue weighted by atomic mass is 10.1. The van der Waals surface area contributed by atoms with Crippen molar-refractivity contribution in [2.75, 3.05) is 7.05 Å². The molecule has 1 unspecified atom stereocenters. The molecule has 0 saturated carbocycles. The van der Waals surface area contributed by atoms with Gasteiger partial charge in [0.1, 0.15) is 12.4 Å². The Hall–Kier alpha value is -2.80. The minimum Gasteiger partial charge on any atom is -0.487 e. The smallest absolute Gasteiger partial charge is 0.254 e. The van der Waals surface area contributed by atoms with Crippen LogP contribution in [0, 0.1) is 18.6 Å². The molecule has 0 saturated heterocycles. The molecule has 1 heterocycles. The second kappa shape index (κ2) is 8.48. The fourth-order valence-electron chi connectivity index (χ4n) is 2.73. The maximum absolute atomic E-state index is 13.5. The van der Waals surface area contributed by atoms with Crippen molar-refractivity contribution in [2.24, 2.45) is 0 Å². The summed E-state index contributed by atoms with van der Waals surface area (Å²) in [5, 5.41) is 2.90.